The third kappa shape index (κ3) is 4.76. The minimum Gasteiger partial charge on any atom is -0.497 e. The molecule has 2 amide bonds. The summed E-state index contributed by atoms with van der Waals surface area (Å²) in [5, 5.41) is 0.631. The number of hydrogen-bond acceptors (Lipinski definition) is 6. The number of hydrogen-bond donors (Lipinski definition) is 1. The largest absolute Gasteiger partial charge is 0.497 e. The predicted molar refractivity (Wildman–Crippen MR) is 180 cm³/mol. The quantitative estimate of drug-likeness (QED) is 0.383. The Morgan fingerprint density at radius 3 is 2.55 bits per heavy atom. The van der Waals surface area contributed by atoms with Crippen molar-refractivity contribution in [2.24, 2.45) is 5.41 Å². The number of nitrogens with one attached hydrogen (secondary N) is 1. The summed E-state index contributed by atoms with van der Waals surface area (Å²) >= 11 is 0. The molecule has 248 valence electrons. The molecular formula is C37H44N4O5S. The van der Waals surface area contributed by atoms with Gasteiger partial charge in [-0.25, -0.2) is 13.1 Å². The van der Waals surface area contributed by atoms with Gasteiger partial charge in [0.1, 0.15) is 5.75 Å². The number of nitrogens with zero attached hydrogens (tertiary/aromatic N) is 3. The van der Waals surface area contributed by atoms with Crippen molar-refractivity contribution in [2.45, 2.75) is 93.9 Å². The fourth-order valence-electron chi connectivity index (χ4n) is 9.56. The monoisotopic (exact) mass is 656 g/mol. The first-order valence-corrected chi connectivity index (χ1v) is 19.3. The topological polar surface area (TPSA) is 101 Å². The molecule has 4 heterocycles. The molecule has 2 saturated heterocycles. The number of ether oxygens (including phenoxy) is 1. The zero-order valence-electron chi connectivity index (χ0n) is 27.2. The Hall–Kier alpha value is -3.37. The number of carbonyl (C=O) groups excluding carboxylic acids is 2. The second-order valence-electron chi connectivity index (χ2n) is 15.0. The minimum absolute atomic E-state index is 0.0889. The molecule has 0 spiro atoms. The van der Waals surface area contributed by atoms with Gasteiger partial charge in [0.15, 0.2) is 0 Å². The van der Waals surface area contributed by atoms with Gasteiger partial charge in [0.05, 0.1) is 23.5 Å². The van der Waals surface area contributed by atoms with Crippen molar-refractivity contribution in [3.8, 4) is 17.0 Å². The van der Waals surface area contributed by atoms with E-state index >= 15 is 0 Å². The second kappa shape index (κ2) is 10.8. The molecule has 0 bridgehead atoms. The zero-order valence-corrected chi connectivity index (χ0v) is 28.0. The molecule has 3 aliphatic carbocycles. The van der Waals surface area contributed by atoms with Crippen molar-refractivity contribution < 1.29 is 22.7 Å². The van der Waals surface area contributed by atoms with E-state index in [0.717, 1.165) is 79.8 Å². The van der Waals surface area contributed by atoms with E-state index in [1.165, 1.54) is 36.8 Å². The van der Waals surface area contributed by atoms with Gasteiger partial charge in [0, 0.05) is 60.2 Å². The highest BCUT2D eigenvalue weighted by Gasteiger charge is 2.64. The summed E-state index contributed by atoms with van der Waals surface area (Å²) in [6, 6.07) is 12.5. The van der Waals surface area contributed by atoms with Crippen molar-refractivity contribution in [1.82, 2.24) is 19.1 Å². The molecule has 3 saturated carbocycles. The Morgan fingerprint density at radius 1 is 0.936 bits per heavy atom. The van der Waals surface area contributed by atoms with Crippen molar-refractivity contribution in [3.63, 3.8) is 0 Å². The molecular weight excluding hydrogens is 612 g/mol. The van der Waals surface area contributed by atoms with Crippen LogP contribution in [0.25, 0.3) is 22.2 Å². The predicted octanol–water partition coefficient (Wildman–Crippen LogP) is 5.38. The lowest BCUT2D eigenvalue weighted by atomic mass is 9.81. The van der Waals surface area contributed by atoms with Crippen LogP contribution in [0.1, 0.15) is 97.5 Å². The highest BCUT2D eigenvalue weighted by Crippen LogP contribution is 2.66. The molecule has 0 radical (unpaired) electrons. The molecule has 1 aromatic heterocycles. The Kier molecular flexibility index (Phi) is 6.85. The van der Waals surface area contributed by atoms with Crippen LogP contribution in [0.2, 0.25) is 0 Å². The fraction of sp³-hybridized carbons (Fsp3) is 0.568. The van der Waals surface area contributed by atoms with E-state index in [2.05, 4.69) is 31.2 Å². The Labute approximate surface area is 276 Å². The van der Waals surface area contributed by atoms with Crippen LogP contribution >= 0.6 is 0 Å². The normalized spacial score (nSPS) is 27.4. The SMILES string of the molecule is COc1ccc2c(c1)C1CC1(C(=O)N1CCN3CCC[C@H]3C1)Cn1c-2c(C2CCCCC2)c2ccc(C(=O)NS(=O)(=O)C3CC3)cc21. The molecule has 9 nitrogen and oxygen atoms in total. The van der Waals surface area contributed by atoms with Gasteiger partial charge < -0.3 is 14.2 Å². The van der Waals surface area contributed by atoms with E-state index < -0.39 is 26.6 Å². The van der Waals surface area contributed by atoms with E-state index in [0.29, 0.717) is 36.9 Å². The van der Waals surface area contributed by atoms with Gasteiger partial charge >= 0.3 is 0 Å². The van der Waals surface area contributed by atoms with Gasteiger partial charge in [-0.1, -0.05) is 25.3 Å². The van der Waals surface area contributed by atoms with E-state index in [9.17, 15) is 18.0 Å². The smallest absolute Gasteiger partial charge is 0.264 e. The summed E-state index contributed by atoms with van der Waals surface area (Å²) in [6.45, 7) is 4.18. The molecule has 2 unspecified atom stereocenters. The van der Waals surface area contributed by atoms with Crippen LogP contribution in [0.3, 0.4) is 0 Å². The van der Waals surface area contributed by atoms with Gasteiger partial charge in [-0.3, -0.25) is 14.5 Å². The number of carbonyl (C=O) groups is 2. The Balaban J connectivity index is 1.20. The van der Waals surface area contributed by atoms with Crippen LogP contribution in [-0.4, -0.2) is 79.2 Å². The number of amides is 2. The first kappa shape index (κ1) is 29.7. The number of methoxy groups -OCH3 is 1. The summed E-state index contributed by atoms with van der Waals surface area (Å²) in [6.07, 6.45) is 10.2. The summed E-state index contributed by atoms with van der Waals surface area (Å²) in [5.41, 5.74) is 5.49. The molecule has 9 rings (SSSR count). The van der Waals surface area contributed by atoms with Crippen molar-refractivity contribution in [1.29, 1.82) is 0 Å². The number of piperazine rings is 1. The average Bonchev–Trinajstić information content (AvgIpc) is 4.00. The zero-order chi connectivity index (χ0) is 32.1. The molecule has 3 atom stereocenters. The Morgan fingerprint density at radius 2 is 1.77 bits per heavy atom. The van der Waals surface area contributed by atoms with Crippen molar-refractivity contribution >= 4 is 32.7 Å². The lowest BCUT2D eigenvalue weighted by Gasteiger charge is -2.39. The number of sulfonamides is 1. The first-order chi connectivity index (χ1) is 22.8. The van der Waals surface area contributed by atoms with Gasteiger partial charge in [-0.05, 0) is 98.9 Å². The molecule has 1 N–H and O–H groups in total. The van der Waals surface area contributed by atoms with Gasteiger partial charge in [-0.15, -0.1) is 0 Å². The number of aromatic nitrogens is 1. The van der Waals surface area contributed by atoms with Crippen LogP contribution in [0, 0.1) is 5.41 Å². The number of fused-ring (bicyclic) bond motifs is 8. The van der Waals surface area contributed by atoms with Crippen molar-refractivity contribution in [2.75, 3.05) is 33.3 Å². The average molecular weight is 657 g/mol. The molecule has 6 aliphatic rings. The summed E-state index contributed by atoms with van der Waals surface area (Å²) in [5.74, 6) is 0.934. The number of benzene rings is 2. The van der Waals surface area contributed by atoms with E-state index in [1.54, 1.807) is 13.2 Å². The fourth-order valence-corrected chi connectivity index (χ4v) is 10.9. The maximum absolute atomic E-state index is 14.8. The minimum atomic E-state index is -3.68. The van der Waals surface area contributed by atoms with Crippen LogP contribution < -0.4 is 9.46 Å². The molecule has 10 heteroatoms. The van der Waals surface area contributed by atoms with E-state index in [4.69, 9.17) is 4.74 Å². The lowest BCUT2D eigenvalue weighted by Crippen LogP contribution is -2.54. The highest BCUT2D eigenvalue weighted by atomic mass is 32.2. The summed E-state index contributed by atoms with van der Waals surface area (Å²) in [4.78, 5) is 32.9. The number of rotatable bonds is 6. The van der Waals surface area contributed by atoms with E-state index in [1.807, 2.05) is 18.2 Å². The molecule has 3 aliphatic heterocycles. The maximum atomic E-state index is 14.8. The van der Waals surface area contributed by atoms with Crippen molar-refractivity contribution in [3.05, 3.63) is 53.1 Å². The molecule has 3 aromatic rings. The summed E-state index contributed by atoms with van der Waals surface area (Å²) < 4.78 is 35.8. The van der Waals surface area contributed by atoms with Crippen LogP contribution in [-0.2, 0) is 21.4 Å². The van der Waals surface area contributed by atoms with Gasteiger partial charge in [0.2, 0.25) is 15.9 Å². The van der Waals surface area contributed by atoms with E-state index in [-0.39, 0.29) is 11.8 Å². The third-order valence-corrected chi connectivity index (χ3v) is 14.1. The maximum Gasteiger partial charge on any atom is 0.264 e. The van der Waals surface area contributed by atoms with Gasteiger partial charge in [-0.2, -0.15) is 0 Å². The highest BCUT2D eigenvalue weighted by molar-refractivity contribution is 7.91. The molecule has 47 heavy (non-hydrogen) atoms. The first-order valence-electron chi connectivity index (χ1n) is 17.7. The van der Waals surface area contributed by atoms with Crippen LogP contribution in [0.5, 0.6) is 5.75 Å². The van der Waals surface area contributed by atoms with Gasteiger partial charge in [0.25, 0.3) is 5.91 Å². The second-order valence-corrected chi connectivity index (χ2v) is 17.0. The van der Waals surface area contributed by atoms with Crippen LogP contribution in [0.15, 0.2) is 36.4 Å². The van der Waals surface area contributed by atoms with Crippen LogP contribution in [0.4, 0.5) is 0 Å². The molecule has 5 fully saturated rings. The molecule has 2 aromatic carbocycles. The standard InChI is InChI=1S/C37H44N4O5S/c1-46-26-10-14-28-30(19-26)31-20-37(31,36(43)40-17-16-39-15-5-8-25(39)21-40)22-41-32-18-24(35(42)38-47(44,45)27-11-12-27)9-13-29(32)33(34(28)41)23-6-3-2-4-7-23/h9-10,13-14,18-19,23,25,27,31H,2-8,11-12,15-17,20-22H2,1H3,(H,38,42)/t25-,31?,37?/m0/s1. The Bertz CT molecular complexity index is 1910. The third-order valence-electron chi connectivity index (χ3n) is 12.3. The lowest BCUT2D eigenvalue weighted by molar-refractivity contribution is -0.140. The summed E-state index contributed by atoms with van der Waals surface area (Å²) in [7, 11) is -1.98.